The molecule has 92 valence electrons. The van der Waals surface area contributed by atoms with Gasteiger partial charge in [-0.2, -0.15) is 0 Å². The lowest BCUT2D eigenvalue weighted by Gasteiger charge is -2.21. The number of hydrogen-bond acceptors (Lipinski definition) is 4. The zero-order valence-corrected chi connectivity index (χ0v) is 10.7. The van der Waals surface area contributed by atoms with Crippen molar-refractivity contribution in [1.82, 2.24) is 9.88 Å². The first-order valence-corrected chi connectivity index (χ1v) is 6.46. The number of nitrogens with zero attached hydrogens (tertiary/aromatic N) is 2. The van der Waals surface area contributed by atoms with E-state index in [4.69, 9.17) is 0 Å². The van der Waals surface area contributed by atoms with Gasteiger partial charge < -0.3 is 10.2 Å². The van der Waals surface area contributed by atoms with Crippen LogP contribution in [0.5, 0.6) is 0 Å². The lowest BCUT2D eigenvalue weighted by atomic mass is 10.2. The van der Waals surface area contributed by atoms with Gasteiger partial charge in [-0.3, -0.25) is 9.59 Å². The average molecular weight is 253 g/mol. The summed E-state index contributed by atoms with van der Waals surface area (Å²) in [6.07, 6.45) is 1.96. The molecule has 0 aliphatic carbocycles. The third-order valence-electron chi connectivity index (χ3n) is 2.80. The van der Waals surface area contributed by atoms with Gasteiger partial charge in [0.05, 0.1) is 11.7 Å². The van der Waals surface area contributed by atoms with E-state index in [0.717, 1.165) is 25.1 Å². The van der Waals surface area contributed by atoms with Crippen LogP contribution in [0.1, 0.15) is 38.4 Å². The van der Waals surface area contributed by atoms with Gasteiger partial charge in [-0.15, -0.1) is 11.3 Å². The SMILES string of the molecule is CC(=O)Nc1nc([C@@H]2CCCN2C(C)=O)cs1. The van der Waals surface area contributed by atoms with E-state index < -0.39 is 0 Å². The highest BCUT2D eigenvalue weighted by Crippen LogP contribution is 2.33. The first-order valence-electron chi connectivity index (χ1n) is 5.58. The van der Waals surface area contributed by atoms with Crippen molar-refractivity contribution < 1.29 is 9.59 Å². The molecule has 0 radical (unpaired) electrons. The Hall–Kier alpha value is -1.43. The lowest BCUT2D eigenvalue weighted by Crippen LogP contribution is -2.28. The van der Waals surface area contributed by atoms with Crippen LogP contribution in [0.15, 0.2) is 5.38 Å². The Kier molecular flexibility index (Phi) is 3.42. The van der Waals surface area contributed by atoms with Gasteiger partial charge in [-0.25, -0.2) is 4.98 Å². The smallest absolute Gasteiger partial charge is 0.223 e. The maximum absolute atomic E-state index is 11.4. The Labute approximate surface area is 104 Å². The number of thiazole rings is 1. The molecular formula is C11H15N3O2S. The number of likely N-dealkylation sites (tertiary alicyclic amines) is 1. The van der Waals surface area contributed by atoms with E-state index in [0.29, 0.717) is 5.13 Å². The Morgan fingerprint density at radius 1 is 1.53 bits per heavy atom. The minimum absolute atomic E-state index is 0.0752. The van der Waals surface area contributed by atoms with E-state index in [1.165, 1.54) is 18.3 Å². The van der Waals surface area contributed by atoms with Crippen molar-refractivity contribution in [1.29, 1.82) is 0 Å². The molecule has 1 saturated heterocycles. The molecule has 1 fully saturated rings. The molecule has 0 spiro atoms. The molecule has 2 amide bonds. The Morgan fingerprint density at radius 3 is 2.94 bits per heavy atom. The Bertz CT molecular complexity index is 444. The molecule has 0 unspecified atom stereocenters. The summed E-state index contributed by atoms with van der Waals surface area (Å²) in [5.74, 6) is -0.0395. The minimum atomic E-state index is -0.124. The van der Waals surface area contributed by atoms with Crippen molar-refractivity contribution in [3.05, 3.63) is 11.1 Å². The second-order valence-electron chi connectivity index (χ2n) is 4.13. The van der Waals surface area contributed by atoms with Crippen molar-refractivity contribution >= 4 is 28.3 Å². The second-order valence-corrected chi connectivity index (χ2v) is 4.99. The number of amides is 2. The van der Waals surface area contributed by atoms with Crippen molar-refractivity contribution in [2.75, 3.05) is 11.9 Å². The van der Waals surface area contributed by atoms with Crippen molar-refractivity contribution in [2.24, 2.45) is 0 Å². The van der Waals surface area contributed by atoms with Crippen LogP contribution in [0.25, 0.3) is 0 Å². The number of carbonyl (C=O) groups is 2. The summed E-state index contributed by atoms with van der Waals surface area (Å²) in [7, 11) is 0. The molecule has 1 aliphatic heterocycles. The third-order valence-corrected chi connectivity index (χ3v) is 3.58. The number of hydrogen-bond donors (Lipinski definition) is 1. The molecule has 6 heteroatoms. The van der Waals surface area contributed by atoms with E-state index in [-0.39, 0.29) is 17.9 Å². The molecule has 1 aromatic heterocycles. The zero-order chi connectivity index (χ0) is 12.4. The maximum atomic E-state index is 11.4. The Balaban J connectivity index is 2.14. The summed E-state index contributed by atoms with van der Waals surface area (Å²) in [6, 6.07) is 0.0752. The number of nitrogens with one attached hydrogen (secondary N) is 1. The van der Waals surface area contributed by atoms with E-state index in [2.05, 4.69) is 10.3 Å². The number of aromatic nitrogens is 1. The molecular weight excluding hydrogens is 238 g/mol. The molecule has 2 heterocycles. The molecule has 2 rings (SSSR count). The number of rotatable bonds is 2. The first-order chi connectivity index (χ1) is 8.08. The first kappa shape index (κ1) is 12.0. The van der Waals surface area contributed by atoms with Gasteiger partial charge >= 0.3 is 0 Å². The van der Waals surface area contributed by atoms with Crippen LogP contribution in [0.3, 0.4) is 0 Å². The topological polar surface area (TPSA) is 62.3 Å². The molecule has 1 aromatic rings. The predicted octanol–water partition coefficient (Wildman–Crippen LogP) is 1.78. The van der Waals surface area contributed by atoms with E-state index >= 15 is 0 Å². The van der Waals surface area contributed by atoms with Gasteiger partial charge in [0.15, 0.2) is 5.13 Å². The predicted molar refractivity (Wildman–Crippen MR) is 65.8 cm³/mol. The highest BCUT2D eigenvalue weighted by molar-refractivity contribution is 7.13. The highest BCUT2D eigenvalue weighted by Gasteiger charge is 2.29. The Morgan fingerprint density at radius 2 is 2.29 bits per heavy atom. The maximum Gasteiger partial charge on any atom is 0.223 e. The summed E-state index contributed by atoms with van der Waals surface area (Å²) < 4.78 is 0. The van der Waals surface area contributed by atoms with Crippen molar-refractivity contribution in [2.45, 2.75) is 32.7 Å². The van der Waals surface area contributed by atoms with Crippen LogP contribution in [0.2, 0.25) is 0 Å². The van der Waals surface area contributed by atoms with Crippen LogP contribution >= 0.6 is 11.3 Å². The summed E-state index contributed by atoms with van der Waals surface area (Å²) in [5.41, 5.74) is 0.881. The van der Waals surface area contributed by atoms with Gasteiger partial charge in [-0.05, 0) is 12.8 Å². The van der Waals surface area contributed by atoms with E-state index in [9.17, 15) is 9.59 Å². The van der Waals surface area contributed by atoms with Gasteiger partial charge in [0, 0.05) is 25.8 Å². The minimum Gasteiger partial charge on any atom is -0.334 e. The normalized spacial score (nSPS) is 19.4. The summed E-state index contributed by atoms with van der Waals surface area (Å²) in [6.45, 7) is 3.84. The highest BCUT2D eigenvalue weighted by atomic mass is 32.1. The molecule has 0 saturated carbocycles. The van der Waals surface area contributed by atoms with Gasteiger partial charge in [0.2, 0.25) is 11.8 Å². The molecule has 1 N–H and O–H groups in total. The van der Waals surface area contributed by atoms with Gasteiger partial charge in [-0.1, -0.05) is 0 Å². The quantitative estimate of drug-likeness (QED) is 0.874. The average Bonchev–Trinajstić information content (AvgIpc) is 2.82. The summed E-state index contributed by atoms with van der Waals surface area (Å²) >= 11 is 1.40. The molecule has 5 nitrogen and oxygen atoms in total. The fraction of sp³-hybridized carbons (Fsp3) is 0.545. The van der Waals surface area contributed by atoms with E-state index in [1.54, 1.807) is 6.92 Å². The molecule has 1 atom stereocenters. The molecule has 0 aromatic carbocycles. The zero-order valence-electron chi connectivity index (χ0n) is 9.90. The third kappa shape index (κ3) is 2.63. The molecule has 17 heavy (non-hydrogen) atoms. The lowest BCUT2D eigenvalue weighted by molar-refractivity contribution is -0.129. The fourth-order valence-electron chi connectivity index (χ4n) is 2.10. The summed E-state index contributed by atoms with van der Waals surface area (Å²) in [5, 5.41) is 5.17. The number of anilines is 1. The molecule has 0 bridgehead atoms. The largest absolute Gasteiger partial charge is 0.334 e. The number of carbonyl (C=O) groups excluding carboxylic acids is 2. The van der Waals surface area contributed by atoms with Crippen LogP contribution in [0.4, 0.5) is 5.13 Å². The van der Waals surface area contributed by atoms with Crippen molar-refractivity contribution in [3.63, 3.8) is 0 Å². The standard InChI is InChI=1S/C11H15N3O2S/c1-7(15)12-11-13-9(6-17-11)10-4-3-5-14(10)8(2)16/h6,10H,3-5H2,1-2H3,(H,12,13,15)/t10-/m0/s1. The van der Waals surface area contributed by atoms with Crippen LogP contribution in [0, 0.1) is 0 Å². The van der Waals surface area contributed by atoms with Gasteiger partial charge in [0.25, 0.3) is 0 Å². The second kappa shape index (κ2) is 4.83. The fourth-order valence-corrected chi connectivity index (χ4v) is 2.90. The van der Waals surface area contributed by atoms with Crippen LogP contribution < -0.4 is 5.32 Å². The van der Waals surface area contributed by atoms with Crippen molar-refractivity contribution in [3.8, 4) is 0 Å². The van der Waals surface area contributed by atoms with Crippen LogP contribution in [-0.4, -0.2) is 28.2 Å². The summed E-state index contributed by atoms with van der Waals surface area (Å²) in [4.78, 5) is 28.6. The monoisotopic (exact) mass is 253 g/mol. The molecule has 1 aliphatic rings. The van der Waals surface area contributed by atoms with Crippen LogP contribution in [-0.2, 0) is 9.59 Å². The van der Waals surface area contributed by atoms with Gasteiger partial charge in [0.1, 0.15) is 0 Å². The van der Waals surface area contributed by atoms with E-state index in [1.807, 2.05) is 10.3 Å².